The van der Waals surface area contributed by atoms with Crippen LogP contribution >= 0.6 is 11.6 Å². The standard InChI is InChI=1S/C21H18ClNO4S/c1-15(16-6-3-2-4-7-16)27-21(24)17-8-5-9-20(14-17)28(25,26)23-19-12-10-18(22)11-13-19/h2-15,23H,1H3/t15-/m1/s1. The molecule has 1 N–H and O–H groups in total. The lowest BCUT2D eigenvalue weighted by atomic mass is 10.1. The molecule has 0 saturated carbocycles. The lowest BCUT2D eigenvalue weighted by Gasteiger charge is -2.14. The molecular formula is C21H18ClNO4S. The smallest absolute Gasteiger partial charge is 0.338 e. The molecule has 0 aliphatic carbocycles. The quantitative estimate of drug-likeness (QED) is 0.571. The first-order valence-corrected chi connectivity index (χ1v) is 10.4. The second-order valence-corrected chi connectivity index (χ2v) is 8.22. The van der Waals surface area contributed by atoms with Crippen molar-refractivity contribution in [1.82, 2.24) is 0 Å². The SMILES string of the molecule is C[C@@H](OC(=O)c1cccc(S(=O)(=O)Nc2ccc(Cl)cc2)c1)c1ccccc1. The van der Waals surface area contributed by atoms with Crippen LogP contribution in [-0.4, -0.2) is 14.4 Å². The van der Waals surface area contributed by atoms with Gasteiger partial charge in [0.2, 0.25) is 0 Å². The summed E-state index contributed by atoms with van der Waals surface area (Å²) < 4.78 is 33.1. The van der Waals surface area contributed by atoms with Crippen LogP contribution < -0.4 is 4.72 Å². The number of nitrogens with one attached hydrogen (secondary N) is 1. The fraction of sp³-hybridized carbons (Fsp3) is 0.0952. The summed E-state index contributed by atoms with van der Waals surface area (Å²) in [5, 5.41) is 0.500. The fourth-order valence-corrected chi connectivity index (χ4v) is 3.77. The highest BCUT2D eigenvalue weighted by atomic mass is 35.5. The fourth-order valence-electron chi connectivity index (χ4n) is 2.54. The number of rotatable bonds is 6. The molecule has 0 aliphatic rings. The molecule has 3 rings (SSSR count). The maximum Gasteiger partial charge on any atom is 0.338 e. The van der Waals surface area contributed by atoms with E-state index in [2.05, 4.69) is 4.72 Å². The van der Waals surface area contributed by atoms with E-state index in [1.54, 1.807) is 31.2 Å². The van der Waals surface area contributed by atoms with Crippen molar-refractivity contribution in [2.24, 2.45) is 0 Å². The van der Waals surface area contributed by atoms with Crippen molar-refractivity contribution in [1.29, 1.82) is 0 Å². The van der Waals surface area contributed by atoms with E-state index in [0.717, 1.165) is 5.56 Å². The highest BCUT2D eigenvalue weighted by Gasteiger charge is 2.19. The molecule has 0 heterocycles. The van der Waals surface area contributed by atoms with Crippen molar-refractivity contribution < 1.29 is 17.9 Å². The van der Waals surface area contributed by atoms with Gasteiger partial charge in [-0.05, 0) is 55.0 Å². The van der Waals surface area contributed by atoms with Crippen LogP contribution in [0.3, 0.4) is 0 Å². The third-order valence-corrected chi connectivity index (χ3v) is 5.66. The third-order valence-electron chi connectivity index (χ3n) is 4.03. The van der Waals surface area contributed by atoms with Crippen LogP contribution in [0.5, 0.6) is 0 Å². The number of halogens is 1. The van der Waals surface area contributed by atoms with Gasteiger partial charge in [0.05, 0.1) is 10.5 Å². The Labute approximate surface area is 169 Å². The van der Waals surface area contributed by atoms with E-state index in [-0.39, 0.29) is 10.5 Å². The number of sulfonamides is 1. The highest BCUT2D eigenvalue weighted by molar-refractivity contribution is 7.92. The molecule has 3 aromatic carbocycles. The van der Waals surface area contributed by atoms with E-state index in [1.807, 2.05) is 30.3 Å². The number of ether oxygens (including phenoxy) is 1. The summed E-state index contributed by atoms with van der Waals surface area (Å²) in [7, 11) is -3.86. The normalized spacial score (nSPS) is 12.2. The number of hydrogen-bond donors (Lipinski definition) is 1. The highest BCUT2D eigenvalue weighted by Crippen LogP contribution is 2.21. The van der Waals surface area contributed by atoms with Gasteiger partial charge in [0, 0.05) is 10.7 Å². The van der Waals surface area contributed by atoms with E-state index < -0.39 is 22.1 Å². The van der Waals surface area contributed by atoms with Crippen LogP contribution in [0, 0.1) is 0 Å². The van der Waals surface area contributed by atoms with Crippen LogP contribution in [0.4, 0.5) is 5.69 Å². The minimum absolute atomic E-state index is 0.0377. The predicted molar refractivity (Wildman–Crippen MR) is 109 cm³/mol. The largest absolute Gasteiger partial charge is 0.454 e. The minimum Gasteiger partial charge on any atom is -0.454 e. The molecule has 0 radical (unpaired) electrons. The van der Waals surface area contributed by atoms with Crippen molar-refractivity contribution in [3.05, 3.63) is 95.0 Å². The second-order valence-electron chi connectivity index (χ2n) is 6.10. The zero-order chi connectivity index (χ0) is 20.1. The molecule has 1 atom stereocenters. The average molecular weight is 416 g/mol. The lowest BCUT2D eigenvalue weighted by molar-refractivity contribution is 0.0337. The number of carbonyl (C=O) groups excluding carboxylic acids is 1. The van der Waals surface area contributed by atoms with Crippen LogP contribution in [0.25, 0.3) is 0 Å². The molecule has 0 amide bonds. The van der Waals surface area contributed by atoms with Gasteiger partial charge < -0.3 is 4.74 Å². The summed E-state index contributed by atoms with van der Waals surface area (Å²) in [5.74, 6) is -0.597. The molecule has 3 aromatic rings. The van der Waals surface area contributed by atoms with Crippen molar-refractivity contribution in [2.75, 3.05) is 4.72 Å². The molecule has 0 aliphatic heterocycles. The van der Waals surface area contributed by atoms with Gasteiger partial charge in [0.25, 0.3) is 10.0 Å². The summed E-state index contributed by atoms with van der Waals surface area (Å²) >= 11 is 5.81. The van der Waals surface area contributed by atoms with Gasteiger partial charge in [0.1, 0.15) is 6.10 Å². The van der Waals surface area contributed by atoms with E-state index >= 15 is 0 Å². The van der Waals surface area contributed by atoms with Crippen LogP contribution in [0.2, 0.25) is 5.02 Å². The van der Waals surface area contributed by atoms with Gasteiger partial charge in [-0.25, -0.2) is 13.2 Å². The second kappa shape index (κ2) is 8.46. The van der Waals surface area contributed by atoms with E-state index in [9.17, 15) is 13.2 Å². The Balaban J connectivity index is 1.77. The molecular weight excluding hydrogens is 398 g/mol. The summed E-state index contributed by atoms with van der Waals surface area (Å²) in [4.78, 5) is 12.4. The Morgan fingerprint density at radius 1 is 0.964 bits per heavy atom. The summed E-state index contributed by atoms with van der Waals surface area (Å²) in [6, 6.07) is 21.3. The monoisotopic (exact) mass is 415 g/mol. The molecule has 0 spiro atoms. The van der Waals surface area contributed by atoms with E-state index in [1.165, 1.54) is 24.3 Å². The molecule has 28 heavy (non-hydrogen) atoms. The number of esters is 1. The van der Waals surface area contributed by atoms with E-state index in [0.29, 0.717) is 10.7 Å². The van der Waals surface area contributed by atoms with Gasteiger partial charge >= 0.3 is 5.97 Å². The first-order chi connectivity index (χ1) is 13.3. The van der Waals surface area contributed by atoms with Crippen LogP contribution in [0.1, 0.15) is 28.9 Å². The molecule has 0 aromatic heterocycles. The molecule has 144 valence electrons. The zero-order valence-electron chi connectivity index (χ0n) is 15.0. The number of anilines is 1. The maximum atomic E-state index is 12.6. The van der Waals surface area contributed by atoms with Crippen molar-refractivity contribution in [3.63, 3.8) is 0 Å². The Morgan fingerprint density at radius 3 is 2.32 bits per heavy atom. The van der Waals surface area contributed by atoms with Gasteiger partial charge in [-0.3, -0.25) is 4.72 Å². The predicted octanol–water partition coefficient (Wildman–Crippen LogP) is 5.06. The summed E-state index contributed by atoms with van der Waals surface area (Å²) in [6.07, 6.45) is -0.457. The minimum atomic E-state index is -3.86. The topological polar surface area (TPSA) is 72.5 Å². The Morgan fingerprint density at radius 2 is 1.64 bits per heavy atom. The first kappa shape index (κ1) is 19.9. The molecule has 0 bridgehead atoms. The van der Waals surface area contributed by atoms with Crippen molar-refractivity contribution >= 4 is 33.3 Å². The third kappa shape index (κ3) is 4.91. The Bertz CT molecular complexity index is 1070. The molecule has 7 heteroatoms. The molecule has 0 unspecified atom stereocenters. The molecule has 5 nitrogen and oxygen atoms in total. The van der Waals surface area contributed by atoms with Gasteiger partial charge in [-0.2, -0.15) is 0 Å². The summed E-state index contributed by atoms with van der Waals surface area (Å²) in [5.41, 5.74) is 1.38. The van der Waals surface area contributed by atoms with Crippen molar-refractivity contribution in [3.8, 4) is 0 Å². The maximum absolute atomic E-state index is 12.6. The summed E-state index contributed by atoms with van der Waals surface area (Å²) in [6.45, 7) is 1.76. The van der Waals surface area contributed by atoms with E-state index in [4.69, 9.17) is 16.3 Å². The number of benzene rings is 3. The Kier molecular flexibility index (Phi) is 6.02. The first-order valence-electron chi connectivity index (χ1n) is 8.49. The van der Waals surface area contributed by atoms with Crippen LogP contribution in [-0.2, 0) is 14.8 Å². The van der Waals surface area contributed by atoms with Crippen molar-refractivity contribution in [2.45, 2.75) is 17.9 Å². The van der Waals surface area contributed by atoms with Gasteiger partial charge in [-0.1, -0.05) is 48.0 Å². The average Bonchev–Trinajstić information content (AvgIpc) is 2.70. The molecule has 0 fully saturated rings. The van der Waals surface area contributed by atoms with Gasteiger partial charge in [-0.15, -0.1) is 0 Å². The Hall–Kier alpha value is -2.83. The number of hydrogen-bond acceptors (Lipinski definition) is 4. The number of carbonyl (C=O) groups is 1. The lowest BCUT2D eigenvalue weighted by Crippen LogP contribution is -2.14. The molecule has 0 saturated heterocycles. The zero-order valence-corrected chi connectivity index (χ0v) is 16.6. The van der Waals surface area contributed by atoms with Gasteiger partial charge in [0.15, 0.2) is 0 Å². The van der Waals surface area contributed by atoms with Crippen LogP contribution in [0.15, 0.2) is 83.8 Å².